The third kappa shape index (κ3) is 2.25. The molecule has 0 amide bonds. The normalized spacial score (nSPS) is 17.8. The van der Waals surface area contributed by atoms with E-state index in [0.29, 0.717) is 0 Å². The summed E-state index contributed by atoms with van der Waals surface area (Å²) in [7, 11) is 0. The molecule has 1 N–H and O–H groups in total. The zero-order chi connectivity index (χ0) is 12.7. The monoisotopic (exact) mass is 281 g/mol. The molecule has 94 valence electrons. The number of fused-ring (bicyclic) bond motifs is 1. The van der Waals surface area contributed by atoms with Crippen LogP contribution in [-0.4, -0.2) is 0 Å². The van der Waals surface area contributed by atoms with E-state index >= 15 is 0 Å². The number of thiophene rings is 1. The highest BCUT2D eigenvalue weighted by Gasteiger charge is 2.24. The average molecular weight is 282 g/mol. The molecular weight excluding hydrogens is 269 g/mol. The Kier molecular flexibility index (Phi) is 3.04. The molecule has 0 fully saturated rings. The Morgan fingerprint density at radius 2 is 2.17 bits per heavy atom. The molecule has 0 radical (unpaired) electrons. The van der Waals surface area contributed by atoms with Gasteiger partial charge in [-0.15, -0.1) is 11.3 Å². The first-order valence-electron chi connectivity index (χ1n) is 5.93. The summed E-state index contributed by atoms with van der Waals surface area (Å²) in [6.45, 7) is 1.90. The van der Waals surface area contributed by atoms with E-state index < -0.39 is 0 Å². The molecule has 0 aliphatic heterocycles. The van der Waals surface area contributed by atoms with E-state index in [4.69, 9.17) is 11.6 Å². The van der Waals surface area contributed by atoms with Gasteiger partial charge in [-0.25, -0.2) is 4.39 Å². The van der Waals surface area contributed by atoms with Gasteiger partial charge in [0.15, 0.2) is 0 Å². The molecular formula is C14H13ClFNS. The minimum Gasteiger partial charge on any atom is -0.378 e. The van der Waals surface area contributed by atoms with Gasteiger partial charge in [0.25, 0.3) is 0 Å². The maximum atomic E-state index is 13.3. The minimum atomic E-state index is -0.195. The molecule has 0 saturated heterocycles. The van der Waals surface area contributed by atoms with Crippen molar-refractivity contribution < 1.29 is 4.39 Å². The van der Waals surface area contributed by atoms with Gasteiger partial charge in [-0.2, -0.15) is 0 Å². The second kappa shape index (κ2) is 4.56. The van der Waals surface area contributed by atoms with Crippen LogP contribution in [-0.2, 0) is 6.42 Å². The molecule has 1 aromatic carbocycles. The third-order valence-corrected chi connectivity index (χ3v) is 4.57. The average Bonchev–Trinajstić information content (AvgIpc) is 2.78. The van der Waals surface area contributed by atoms with Gasteiger partial charge in [-0.05, 0) is 55.2 Å². The second-order valence-corrected chi connectivity index (χ2v) is 6.45. The SMILES string of the molecule is Cc1cc(F)cc(NC2CCc3sc(Cl)cc32)c1. The molecule has 0 saturated carbocycles. The van der Waals surface area contributed by atoms with Crippen molar-refractivity contribution in [3.8, 4) is 0 Å². The van der Waals surface area contributed by atoms with Crippen molar-refractivity contribution in [3.05, 3.63) is 50.4 Å². The van der Waals surface area contributed by atoms with E-state index in [2.05, 4.69) is 5.32 Å². The molecule has 4 heteroatoms. The first kappa shape index (κ1) is 12.0. The van der Waals surface area contributed by atoms with Crippen LogP contribution in [0.15, 0.2) is 24.3 Å². The quantitative estimate of drug-likeness (QED) is 0.821. The standard InChI is InChI=1S/C14H13ClFNS/c1-8-4-9(16)6-10(5-8)17-12-2-3-13-11(12)7-14(15)18-13/h4-7,12,17H,2-3H2,1H3. The topological polar surface area (TPSA) is 12.0 Å². The van der Waals surface area contributed by atoms with E-state index in [1.54, 1.807) is 17.4 Å². The van der Waals surface area contributed by atoms with E-state index in [-0.39, 0.29) is 11.9 Å². The van der Waals surface area contributed by atoms with Crippen LogP contribution in [0.1, 0.15) is 28.5 Å². The molecule has 1 aromatic heterocycles. The minimum absolute atomic E-state index is 0.195. The molecule has 1 aliphatic carbocycles. The van der Waals surface area contributed by atoms with Gasteiger partial charge in [0.2, 0.25) is 0 Å². The van der Waals surface area contributed by atoms with Crippen molar-refractivity contribution in [1.82, 2.24) is 0 Å². The van der Waals surface area contributed by atoms with Crippen molar-refractivity contribution in [2.24, 2.45) is 0 Å². The van der Waals surface area contributed by atoms with Gasteiger partial charge < -0.3 is 5.32 Å². The lowest BCUT2D eigenvalue weighted by Crippen LogP contribution is -2.06. The van der Waals surface area contributed by atoms with Crippen LogP contribution >= 0.6 is 22.9 Å². The lowest BCUT2D eigenvalue weighted by atomic mass is 10.1. The number of hydrogen-bond acceptors (Lipinski definition) is 2. The van der Waals surface area contributed by atoms with Gasteiger partial charge in [-0.3, -0.25) is 0 Å². The highest BCUT2D eigenvalue weighted by molar-refractivity contribution is 7.16. The van der Waals surface area contributed by atoms with Crippen molar-refractivity contribution in [2.45, 2.75) is 25.8 Å². The Morgan fingerprint density at radius 3 is 2.94 bits per heavy atom. The Hall–Kier alpha value is -1.06. The zero-order valence-corrected chi connectivity index (χ0v) is 11.5. The number of hydrogen-bond donors (Lipinski definition) is 1. The molecule has 1 unspecified atom stereocenters. The summed E-state index contributed by atoms with van der Waals surface area (Å²) in [4.78, 5) is 1.35. The summed E-state index contributed by atoms with van der Waals surface area (Å²) < 4.78 is 14.2. The number of nitrogens with one attached hydrogen (secondary N) is 1. The van der Waals surface area contributed by atoms with Crippen molar-refractivity contribution in [1.29, 1.82) is 0 Å². The van der Waals surface area contributed by atoms with E-state index in [1.165, 1.54) is 16.5 Å². The molecule has 1 heterocycles. The van der Waals surface area contributed by atoms with Crippen LogP contribution in [0, 0.1) is 12.7 Å². The predicted molar refractivity (Wildman–Crippen MR) is 75.2 cm³/mol. The maximum absolute atomic E-state index is 13.3. The lowest BCUT2D eigenvalue weighted by molar-refractivity contribution is 0.626. The molecule has 3 rings (SSSR count). The van der Waals surface area contributed by atoms with Crippen LogP contribution in [0.3, 0.4) is 0 Å². The van der Waals surface area contributed by atoms with E-state index in [1.807, 2.05) is 19.1 Å². The van der Waals surface area contributed by atoms with Gasteiger partial charge in [0, 0.05) is 10.6 Å². The molecule has 0 spiro atoms. The van der Waals surface area contributed by atoms with Crippen LogP contribution in [0.2, 0.25) is 4.34 Å². The van der Waals surface area contributed by atoms with Crippen LogP contribution in [0.5, 0.6) is 0 Å². The highest BCUT2D eigenvalue weighted by atomic mass is 35.5. The van der Waals surface area contributed by atoms with E-state index in [9.17, 15) is 4.39 Å². The lowest BCUT2D eigenvalue weighted by Gasteiger charge is -2.15. The predicted octanol–water partition coefficient (Wildman–Crippen LogP) is 4.95. The van der Waals surface area contributed by atoms with Crippen LogP contribution in [0.25, 0.3) is 0 Å². The number of anilines is 1. The fourth-order valence-electron chi connectivity index (χ4n) is 2.50. The fraction of sp³-hybridized carbons (Fsp3) is 0.286. The Morgan fingerprint density at radius 1 is 1.33 bits per heavy atom. The van der Waals surface area contributed by atoms with Crippen molar-refractivity contribution in [3.63, 3.8) is 0 Å². The van der Waals surface area contributed by atoms with Crippen LogP contribution < -0.4 is 5.32 Å². The first-order chi connectivity index (χ1) is 8.61. The number of halogens is 2. The maximum Gasteiger partial charge on any atom is 0.125 e. The first-order valence-corrected chi connectivity index (χ1v) is 7.13. The molecule has 0 bridgehead atoms. The Labute approximate surface area is 115 Å². The van der Waals surface area contributed by atoms with E-state index in [0.717, 1.165) is 28.4 Å². The molecule has 18 heavy (non-hydrogen) atoms. The number of benzene rings is 1. The second-order valence-electron chi connectivity index (χ2n) is 4.68. The smallest absolute Gasteiger partial charge is 0.125 e. The van der Waals surface area contributed by atoms with Crippen molar-refractivity contribution >= 4 is 28.6 Å². The molecule has 1 atom stereocenters. The van der Waals surface area contributed by atoms with Gasteiger partial charge >= 0.3 is 0 Å². The largest absolute Gasteiger partial charge is 0.378 e. The zero-order valence-electron chi connectivity index (χ0n) is 9.97. The summed E-state index contributed by atoms with van der Waals surface area (Å²) in [5.74, 6) is -0.195. The highest BCUT2D eigenvalue weighted by Crippen LogP contribution is 2.40. The third-order valence-electron chi connectivity index (χ3n) is 3.23. The fourth-order valence-corrected chi connectivity index (χ4v) is 3.86. The number of aryl methyl sites for hydroxylation is 2. The molecule has 1 nitrogen and oxygen atoms in total. The summed E-state index contributed by atoms with van der Waals surface area (Å²) >= 11 is 7.68. The number of rotatable bonds is 2. The summed E-state index contributed by atoms with van der Waals surface area (Å²) in [6.07, 6.45) is 2.10. The van der Waals surface area contributed by atoms with Crippen molar-refractivity contribution in [2.75, 3.05) is 5.32 Å². The Balaban J connectivity index is 1.85. The summed E-state index contributed by atoms with van der Waals surface area (Å²) in [6, 6.07) is 7.32. The Bertz CT molecular complexity index is 573. The molecule has 2 aromatic rings. The van der Waals surface area contributed by atoms with Crippen LogP contribution in [0.4, 0.5) is 10.1 Å². The summed E-state index contributed by atoms with van der Waals surface area (Å²) in [5, 5.41) is 3.40. The van der Waals surface area contributed by atoms with Gasteiger partial charge in [0.05, 0.1) is 10.4 Å². The van der Waals surface area contributed by atoms with Gasteiger partial charge in [0.1, 0.15) is 5.82 Å². The van der Waals surface area contributed by atoms with Gasteiger partial charge in [-0.1, -0.05) is 11.6 Å². The summed E-state index contributed by atoms with van der Waals surface area (Å²) in [5.41, 5.74) is 3.04. The molecule has 1 aliphatic rings.